The molecule has 1 aliphatic heterocycles. The minimum Gasteiger partial charge on any atom is -0.308 e. The van der Waals surface area contributed by atoms with Crippen LogP contribution in [0.25, 0.3) is 0 Å². The summed E-state index contributed by atoms with van der Waals surface area (Å²) in [6.07, 6.45) is 1.90. The molecule has 1 amide bonds. The zero-order chi connectivity index (χ0) is 19.8. The fourth-order valence-electron chi connectivity index (χ4n) is 3.42. The highest BCUT2D eigenvalue weighted by molar-refractivity contribution is 7.89. The molecule has 0 N–H and O–H groups in total. The third-order valence-electron chi connectivity index (χ3n) is 5.17. The van der Waals surface area contributed by atoms with Crippen LogP contribution in [0.3, 0.4) is 0 Å². The van der Waals surface area contributed by atoms with E-state index in [1.165, 1.54) is 22.0 Å². The van der Waals surface area contributed by atoms with Crippen molar-refractivity contribution in [2.75, 3.05) is 18.5 Å². The van der Waals surface area contributed by atoms with Crippen LogP contribution < -0.4 is 4.90 Å². The van der Waals surface area contributed by atoms with E-state index in [0.717, 1.165) is 24.1 Å². The van der Waals surface area contributed by atoms with E-state index in [1.54, 1.807) is 19.2 Å². The highest BCUT2D eigenvalue weighted by atomic mass is 32.2. The van der Waals surface area contributed by atoms with Gasteiger partial charge in [-0.1, -0.05) is 18.2 Å². The predicted octanol–water partition coefficient (Wildman–Crippen LogP) is 3.62. The van der Waals surface area contributed by atoms with E-state index in [9.17, 15) is 13.2 Å². The van der Waals surface area contributed by atoms with Crippen molar-refractivity contribution in [2.24, 2.45) is 0 Å². The molecular weight excluding hydrogens is 360 g/mol. The number of aryl methyl sites for hydroxylation is 2. The number of fused-ring (bicyclic) bond motifs is 1. The maximum Gasteiger partial charge on any atom is 0.258 e. The first-order valence-electron chi connectivity index (χ1n) is 9.22. The number of para-hydroxylation sites is 1. The van der Waals surface area contributed by atoms with Crippen molar-refractivity contribution >= 4 is 21.6 Å². The Balaban J connectivity index is 1.90. The minimum absolute atomic E-state index is 0.0913. The number of hydrogen-bond donors (Lipinski definition) is 0. The zero-order valence-electron chi connectivity index (χ0n) is 16.3. The summed E-state index contributed by atoms with van der Waals surface area (Å²) in [4.78, 5) is 15.1. The van der Waals surface area contributed by atoms with E-state index in [4.69, 9.17) is 0 Å². The van der Waals surface area contributed by atoms with Crippen LogP contribution >= 0.6 is 0 Å². The molecule has 1 aliphatic rings. The molecule has 0 saturated carbocycles. The predicted molar refractivity (Wildman–Crippen MR) is 108 cm³/mol. The Kier molecular flexibility index (Phi) is 5.40. The van der Waals surface area contributed by atoms with Gasteiger partial charge in [-0.05, 0) is 69.0 Å². The first-order valence-corrected chi connectivity index (χ1v) is 10.7. The van der Waals surface area contributed by atoms with E-state index >= 15 is 0 Å². The average Bonchev–Trinajstić information content (AvgIpc) is 2.66. The largest absolute Gasteiger partial charge is 0.308 e. The Hall–Kier alpha value is -2.18. The molecule has 0 aliphatic carbocycles. The summed E-state index contributed by atoms with van der Waals surface area (Å²) in [6, 6.07) is 12.2. The van der Waals surface area contributed by atoms with Gasteiger partial charge in [-0.3, -0.25) is 4.79 Å². The van der Waals surface area contributed by atoms with Gasteiger partial charge in [-0.2, -0.15) is 4.31 Å². The molecule has 1 heterocycles. The van der Waals surface area contributed by atoms with Crippen LogP contribution in [0.5, 0.6) is 0 Å². The van der Waals surface area contributed by atoms with Crippen LogP contribution in [0, 0.1) is 6.92 Å². The van der Waals surface area contributed by atoms with E-state index in [0.29, 0.717) is 12.1 Å². The van der Waals surface area contributed by atoms with Crippen molar-refractivity contribution in [3.63, 3.8) is 0 Å². The molecular formula is C21H26N2O3S. The van der Waals surface area contributed by atoms with Gasteiger partial charge in [0.25, 0.3) is 5.91 Å². The third kappa shape index (κ3) is 3.64. The molecule has 0 unspecified atom stereocenters. The number of carbonyl (C=O) groups is 1. The molecule has 2 aromatic rings. The first-order chi connectivity index (χ1) is 12.7. The standard InChI is InChI=1S/C21H26N2O3S/c1-15(2)22(4)27(25,26)19-12-10-18(11-13-19)21(24)23-14-6-9-17-8-5-7-16(3)20(17)23/h5,7-8,10-13,15H,6,9,14H2,1-4H3. The maximum absolute atomic E-state index is 13.1. The molecule has 144 valence electrons. The lowest BCUT2D eigenvalue weighted by Gasteiger charge is -2.31. The third-order valence-corrected chi connectivity index (χ3v) is 7.22. The van der Waals surface area contributed by atoms with Crippen molar-refractivity contribution in [1.29, 1.82) is 0 Å². The number of amides is 1. The van der Waals surface area contributed by atoms with E-state index < -0.39 is 10.0 Å². The van der Waals surface area contributed by atoms with Crippen LogP contribution in [0.15, 0.2) is 47.4 Å². The Morgan fingerprint density at radius 1 is 1.11 bits per heavy atom. The summed E-state index contributed by atoms with van der Waals surface area (Å²) in [6.45, 7) is 6.34. The molecule has 6 heteroatoms. The molecule has 0 radical (unpaired) electrons. The fraction of sp³-hybridized carbons (Fsp3) is 0.381. The minimum atomic E-state index is -3.55. The highest BCUT2D eigenvalue weighted by Gasteiger charge is 2.26. The molecule has 0 spiro atoms. The van der Waals surface area contributed by atoms with Gasteiger partial charge in [0.1, 0.15) is 0 Å². The van der Waals surface area contributed by atoms with Crippen LogP contribution in [-0.4, -0.2) is 38.3 Å². The summed E-state index contributed by atoms with van der Waals surface area (Å²) < 4.78 is 26.5. The number of sulfonamides is 1. The van der Waals surface area contributed by atoms with Gasteiger partial charge >= 0.3 is 0 Å². The molecule has 3 rings (SSSR count). The number of carbonyl (C=O) groups excluding carboxylic acids is 1. The number of rotatable bonds is 4. The van der Waals surface area contributed by atoms with Crippen molar-refractivity contribution in [3.05, 3.63) is 59.2 Å². The van der Waals surface area contributed by atoms with Gasteiger partial charge in [0.05, 0.1) is 10.6 Å². The lowest BCUT2D eigenvalue weighted by atomic mass is 9.97. The average molecular weight is 387 g/mol. The van der Waals surface area contributed by atoms with E-state index in [-0.39, 0.29) is 16.8 Å². The number of hydrogen-bond acceptors (Lipinski definition) is 3. The van der Waals surface area contributed by atoms with Crippen LogP contribution in [0.1, 0.15) is 41.8 Å². The summed E-state index contributed by atoms with van der Waals surface area (Å²) in [5.41, 5.74) is 3.76. The smallest absolute Gasteiger partial charge is 0.258 e. The van der Waals surface area contributed by atoms with Gasteiger partial charge in [0.2, 0.25) is 10.0 Å². The molecule has 0 aromatic heterocycles. The molecule has 0 fully saturated rings. The summed E-state index contributed by atoms with van der Waals surface area (Å²) >= 11 is 0. The van der Waals surface area contributed by atoms with Crippen LogP contribution in [-0.2, 0) is 16.4 Å². The quantitative estimate of drug-likeness (QED) is 0.806. The number of anilines is 1. The Morgan fingerprint density at radius 3 is 2.41 bits per heavy atom. The van der Waals surface area contributed by atoms with Gasteiger partial charge in [0, 0.05) is 25.2 Å². The summed E-state index contributed by atoms with van der Waals surface area (Å²) in [5, 5.41) is 0. The SMILES string of the molecule is Cc1cccc2c1N(C(=O)c1ccc(S(=O)(=O)N(C)C(C)C)cc1)CCC2. The summed E-state index contributed by atoms with van der Waals surface area (Å²) in [5.74, 6) is -0.0913. The second-order valence-electron chi connectivity index (χ2n) is 7.28. The Labute approximate surface area is 161 Å². The highest BCUT2D eigenvalue weighted by Crippen LogP contribution is 2.31. The lowest BCUT2D eigenvalue weighted by Crippen LogP contribution is -2.36. The number of nitrogens with zero attached hydrogens (tertiary/aromatic N) is 2. The van der Waals surface area contributed by atoms with Crippen molar-refractivity contribution in [1.82, 2.24) is 4.31 Å². The van der Waals surface area contributed by atoms with Gasteiger partial charge in [-0.25, -0.2) is 8.42 Å². The molecule has 0 atom stereocenters. The van der Waals surface area contributed by atoms with Crippen LogP contribution in [0.4, 0.5) is 5.69 Å². The molecule has 27 heavy (non-hydrogen) atoms. The Bertz CT molecular complexity index is 950. The maximum atomic E-state index is 13.1. The topological polar surface area (TPSA) is 57.7 Å². The monoisotopic (exact) mass is 386 g/mol. The first kappa shape index (κ1) is 19.6. The van der Waals surface area contributed by atoms with Crippen molar-refractivity contribution in [2.45, 2.75) is 44.6 Å². The summed E-state index contributed by atoms with van der Waals surface area (Å²) in [7, 11) is -1.99. The van der Waals surface area contributed by atoms with E-state index in [1.807, 2.05) is 37.8 Å². The van der Waals surface area contributed by atoms with Gasteiger partial charge < -0.3 is 4.90 Å². The van der Waals surface area contributed by atoms with Crippen molar-refractivity contribution in [3.8, 4) is 0 Å². The molecule has 0 saturated heterocycles. The van der Waals surface area contributed by atoms with Crippen molar-refractivity contribution < 1.29 is 13.2 Å². The molecule has 2 aromatic carbocycles. The molecule has 5 nitrogen and oxygen atoms in total. The fourth-order valence-corrected chi connectivity index (χ4v) is 4.79. The number of benzene rings is 2. The lowest BCUT2D eigenvalue weighted by molar-refractivity contribution is 0.0985. The Morgan fingerprint density at radius 2 is 1.78 bits per heavy atom. The molecule has 0 bridgehead atoms. The normalized spacial score (nSPS) is 14.5. The van der Waals surface area contributed by atoms with Crippen LogP contribution in [0.2, 0.25) is 0 Å². The second-order valence-corrected chi connectivity index (χ2v) is 9.28. The van der Waals surface area contributed by atoms with Gasteiger partial charge in [0.15, 0.2) is 0 Å². The van der Waals surface area contributed by atoms with E-state index in [2.05, 4.69) is 6.07 Å². The second kappa shape index (κ2) is 7.44. The van der Waals surface area contributed by atoms with Gasteiger partial charge in [-0.15, -0.1) is 0 Å². The zero-order valence-corrected chi connectivity index (χ0v) is 17.1.